The van der Waals surface area contributed by atoms with Gasteiger partial charge in [-0.15, -0.1) is 0 Å². The van der Waals surface area contributed by atoms with Gasteiger partial charge in [0.2, 0.25) is 11.8 Å². The van der Waals surface area contributed by atoms with Crippen LogP contribution in [0.3, 0.4) is 0 Å². The van der Waals surface area contributed by atoms with Crippen molar-refractivity contribution in [2.75, 3.05) is 40.3 Å². The molecule has 0 spiro atoms. The minimum Gasteiger partial charge on any atom is -0.355 e. The van der Waals surface area contributed by atoms with Gasteiger partial charge in [-0.2, -0.15) is 0 Å². The fourth-order valence-corrected chi connectivity index (χ4v) is 2.74. The van der Waals surface area contributed by atoms with Gasteiger partial charge in [-0.1, -0.05) is 23.7 Å². The third kappa shape index (κ3) is 5.52. The first-order valence-corrected chi connectivity index (χ1v) is 8.28. The molecule has 1 heterocycles. The molecule has 0 bridgehead atoms. The van der Waals surface area contributed by atoms with Crippen LogP contribution in [0.4, 0.5) is 0 Å². The average Bonchev–Trinajstić information content (AvgIpc) is 2.88. The number of halogens is 1. The molecule has 0 radical (unpaired) electrons. The lowest BCUT2D eigenvalue weighted by atomic mass is 10.1. The van der Waals surface area contributed by atoms with Crippen molar-refractivity contribution < 1.29 is 9.59 Å². The summed E-state index contributed by atoms with van der Waals surface area (Å²) in [6.07, 6.45) is 1.08. The number of benzene rings is 1. The third-order valence-corrected chi connectivity index (χ3v) is 4.28. The first kappa shape index (κ1) is 17.8. The van der Waals surface area contributed by atoms with Crippen LogP contribution in [0.15, 0.2) is 24.3 Å². The predicted octanol–water partition coefficient (Wildman–Crippen LogP) is 1.41. The lowest BCUT2D eigenvalue weighted by molar-refractivity contribution is -0.129. The Morgan fingerprint density at radius 1 is 1.35 bits per heavy atom. The second-order valence-corrected chi connectivity index (χ2v) is 6.65. The number of carbonyl (C=O) groups is 2. The van der Waals surface area contributed by atoms with Gasteiger partial charge in [0.1, 0.15) is 0 Å². The lowest BCUT2D eigenvalue weighted by Crippen LogP contribution is -2.36. The summed E-state index contributed by atoms with van der Waals surface area (Å²) in [5.41, 5.74) is 1.13. The second kappa shape index (κ2) is 8.31. The van der Waals surface area contributed by atoms with Gasteiger partial charge in [-0.3, -0.25) is 9.59 Å². The Bertz CT molecular complexity index is 545. The van der Waals surface area contributed by atoms with E-state index in [1.807, 2.05) is 43.3 Å². The van der Waals surface area contributed by atoms with E-state index >= 15 is 0 Å². The molecule has 1 fully saturated rings. The Morgan fingerprint density at radius 2 is 2.04 bits per heavy atom. The molecule has 1 aliphatic rings. The Hall–Kier alpha value is -1.59. The Balaban J connectivity index is 1.73. The fraction of sp³-hybridized carbons (Fsp3) is 0.529. The number of hydrogen-bond acceptors (Lipinski definition) is 3. The zero-order chi connectivity index (χ0) is 16.8. The first-order chi connectivity index (χ1) is 11.0. The highest BCUT2D eigenvalue weighted by molar-refractivity contribution is 6.30. The molecule has 1 aromatic carbocycles. The summed E-state index contributed by atoms with van der Waals surface area (Å²) >= 11 is 5.85. The summed E-state index contributed by atoms with van der Waals surface area (Å²) in [7, 11) is 3.95. The zero-order valence-electron chi connectivity index (χ0n) is 13.7. The number of nitrogens with one attached hydrogen (secondary N) is 1. The van der Waals surface area contributed by atoms with Gasteiger partial charge < -0.3 is 15.1 Å². The van der Waals surface area contributed by atoms with Crippen LogP contribution in [0, 0.1) is 5.92 Å². The molecule has 1 N–H and O–H groups in total. The highest BCUT2D eigenvalue weighted by atomic mass is 35.5. The Kier molecular flexibility index (Phi) is 6.42. The van der Waals surface area contributed by atoms with Crippen LogP contribution < -0.4 is 5.32 Å². The standard InChI is InChI=1S/C17H24ClN3O2/c1-20(2)9-10-21-12-14(11-16(21)22)17(23)19-8-7-13-3-5-15(18)6-4-13/h3-6,14H,7-12H2,1-2H3,(H,19,23)/t14-/m0/s1. The number of rotatable bonds is 7. The predicted molar refractivity (Wildman–Crippen MR) is 91.4 cm³/mol. The highest BCUT2D eigenvalue weighted by Gasteiger charge is 2.33. The molecular formula is C17H24ClN3O2. The van der Waals surface area contributed by atoms with Crippen molar-refractivity contribution in [2.24, 2.45) is 5.92 Å². The van der Waals surface area contributed by atoms with Crippen molar-refractivity contribution in [3.05, 3.63) is 34.9 Å². The van der Waals surface area contributed by atoms with Gasteiger partial charge in [0.25, 0.3) is 0 Å². The van der Waals surface area contributed by atoms with Crippen LogP contribution in [0.25, 0.3) is 0 Å². The number of hydrogen-bond donors (Lipinski definition) is 1. The molecule has 23 heavy (non-hydrogen) atoms. The van der Waals surface area contributed by atoms with E-state index in [2.05, 4.69) is 5.32 Å². The summed E-state index contributed by atoms with van der Waals surface area (Å²) < 4.78 is 0. The topological polar surface area (TPSA) is 52.6 Å². The molecule has 0 aliphatic carbocycles. The van der Waals surface area contributed by atoms with Gasteiger partial charge in [-0.05, 0) is 38.2 Å². The first-order valence-electron chi connectivity index (χ1n) is 7.90. The summed E-state index contributed by atoms with van der Waals surface area (Å²) in [6, 6.07) is 7.60. The van der Waals surface area contributed by atoms with Gasteiger partial charge >= 0.3 is 0 Å². The molecule has 0 unspecified atom stereocenters. The molecule has 6 heteroatoms. The number of carbonyl (C=O) groups excluding carboxylic acids is 2. The average molecular weight is 338 g/mol. The van der Waals surface area contributed by atoms with E-state index in [0.29, 0.717) is 31.1 Å². The zero-order valence-corrected chi connectivity index (χ0v) is 14.5. The molecule has 0 saturated carbocycles. The van der Waals surface area contributed by atoms with E-state index in [4.69, 9.17) is 11.6 Å². The lowest BCUT2D eigenvalue weighted by Gasteiger charge is -2.19. The van der Waals surface area contributed by atoms with Crippen LogP contribution in [-0.4, -0.2) is 61.9 Å². The molecule has 5 nitrogen and oxygen atoms in total. The number of likely N-dealkylation sites (tertiary alicyclic amines) is 1. The second-order valence-electron chi connectivity index (χ2n) is 6.21. The molecule has 2 rings (SSSR count). The maximum atomic E-state index is 12.2. The molecule has 126 valence electrons. The van der Waals surface area contributed by atoms with Crippen molar-refractivity contribution >= 4 is 23.4 Å². The maximum absolute atomic E-state index is 12.2. The third-order valence-electron chi connectivity index (χ3n) is 4.03. The molecule has 2 amide bonds. The monoisotopic (exact) mass is 337 g/mol. The van der Waals surface area contributed by atoms with E-state index in [1.165, 1.54) is 0 Å². The molecular weight excluding hydrogens is 314 g/mol. The molecule has 1 saturated heterocycles. The van der Waals surface area contributed by atoms with E-state index in [1.54, 1.807) is 4.90 Å². The van der Waals surface area contributed by atoms with Crippen molar-refractivity contribution in [3.63, 3.8) is 0 Å². The van der Waals surface area contributed by atoms with Crippen LogP contribution >= 0.6 is 11.6 Å². The van der Waals surface area contributed by atoms with Gasteiger partial charge in [0, 0.05) is 37.6 Å². The van der Waals surface area contributed by atoms with Crippen LogP contribution in [0.5, 0.6) is 0 Å². The van der Waals surface area contributed by atoms with E-state index in [9.17, 15) is 9.59 Å². The minimum atomic E-state index is -0.227. The smallest absolute Gasteiger partial charge is 0.225 e. The molecule has 0 aromatic heterocycles. The molecule has 1 aliphatic heterocycles. The van der Waals surface area contributed by atoms with Gasteiger partial charge in [0.05, 0.1) is 5.92 Å². The van der Waals surface area contributed by atoms with Crippen LogP contribution in [0.2, 0.25) is 5.02 Å². The number of likely N-dealkylation sites (N-methyl/N-ethyl adjacent to an activating group) is 1. The highest BCUT2D eigenvalue weighted by Crippen LogP contribution is 2.17. The van der Waals surface area contributed by atoms with Crippen molar-refractivity contribution in [1.82, 2.24) is 15.1 Å². The Labute approximate surface area is 142 Å². The van der Waals surface area contributed by atoms with Crippen LogP contribution in [-0.2, 0) is 16.0 Å². The van der Waals surface area contributed by atoms with Crippen molar-refractivity contribution in [2.45, 2.75) is 12.8 Å². The number of amides is 2. The summed E-state index contributed by atoms with van der Waals surface area (Å²) in [5, 5.41) is 3.64. The largest absolute Gasteiger partial charge is 0.355 e. The normalized spacial score (nSPS) is 17.8. The summed E-state index contributed by atoms with van der Waals surface area (Å²) in [6.45, 7) is 2.60. The molecule has 1 aromatic rings. The fourth-order valence-electron chi connectivity index (χ4n) is 2.61. The van der Waals surface area contributed by atoms with E-state index in [-0.39, 0.29) is 17.7 Å². The van der Waals surface area contributed by atoms with Gasteiger partial charge in [0.15, 0.2) is 0 Å². The quantitative estimate of drug-likeness (QED) is 0.818. The van der Waals surface area contributed by atoms with Crippen molar-refractivity contribution in [3.8, 4) is 0 Å². The maximum Gasteiger partial charge on any atom is 0.225 e. The van der Waals surface area contributed by atoms with E-state index in [0.717, 1.165) is 18.5 Å². The number of nitrogens with zero attached hydrogens (tertiary/aromatic N) is 2. The minimum absolute atomic E-state index is 0.0281. The SMILES string of the molecule is CN(C)CCN1C[C@@H](C(=O)NCCc2ccc(Cl)cc2)CC1=O. The summed E-state index contributed by atoms with van der Waals surface area (Å²) in [5.74, 6) is -0.181. The van der Waals surface area contributed by atoms with E-state index < -0.39 is 0 Å². The van der Waals surface area contributed by atoms with Crippen molar-refractivity contribution in [1.29, 1.82) is 0 Å². The van der Waals surface area contributed by atoms with Gasteiger partial charge in [-0.25, -0.2) is 0 Å². The Morgan fingerprint density at radius 3 is 2.70 bits per heavy atom. The summed E-state index contributed by atoms with van der Waals surface area (Å²) in [4.78, 5) is 28.0. The van der Waals surface area contributed by atoms with Crippen LogP contribution in [0.1, 0.15) is 12.0 Å². The molecule has 1 atom stereocenters.